The van der Waals surface area contributed by atoms with Gasteiger partial charge in [-0.15, -0.1) is 0 Å². The number of aliphatic hydroxyl groups is 4. The summed E-state index contributed by atoms with van der Waals surface area (Å²) >= 11 is 8.73. The normalized spacial score (nSPS) is 17.2. The van der Waals surface area contributed by atoms with Gasteiger partial charge in [0.05, 0.1) is 37.4 Å². The number of aliphatic carboxylic acids is 1. The highest BCUT2D eigenvalue weighted by atomic mass is 32.1. The first-order valence-electron chi connectivity index (χ1n) is 42.8. The molecule has 37 N–H and O–H groups in total. The van der Waals surface area contributed by atoms with E-state index in [1.54, 1.807) is 27.7 Å². The third-order valence-electron chi connectivity index (χ3n) is 21.2. The van der Waals surface area contributed by atoms with Gasteiger partial charge in [0.2, 0.25) is 94.5 Å². The number of rotatable bonds is 58. The quantitative estimate of drug-likeness (QED) is 0.0127. The number of hydrogen-bond donors (Lipinski definition) is 32. The molecule has 0 spiro atoms. The van der Waals surface area contributed by atoms with Gasteiger partial charge in [-0.25, -0.2) is 4.79 Å². The van der Waals surface area contributed by atoms with Crippen LogP contribution in [-0.2, 0) is 94.3 Å². The fraction of sp³-hybridized carbons (Fsp3) is 0.630. The fourth-order valence-electron chi connectivity index (χ4n) is 13.3. The van der Waals surface area contributed by atoms with Crippen molar-refractivity contribution in [2.24, 2.45) is 52.0 Å². The van der Waals surface area contributed by atoms with Crippen LogP contribution in [0.2, 0.25) is 0 Å². The number of primary amides is 1. The number of thiol groups is 2. The Labute approximate surface area is 768 Å². The Bertz CT molecular complexity index is 4190. The number of phenols is 2. The molecule has 0 unspecified atom stereocenters. The Morgan fingerprint density at radius 2 is 0.863 bits per heavy atom. The minimum atomic E-state index is -1.99. The van der Waals surface area contributed by atoms with Gasteiger partial charge in [-0.2, -0.15) is 25.3 Å². The number of carbonyl (C=O) groups is 17. The number of carbonyl (C=O) groups excluding carboxylic acids is 16. The zero-order valence-corrected chi connectivity index (χ0v) is 76.3. The standard InChI is InChI=1S/C81H134N24O24S2/c1-9-39(4)60(101-73(122)57-33-46(111)35-105(57)78(127)59(87)38(2)3)74(123)104-63(81(7,8)131)77(126)97-52(31-42-15-19-44(109)20-16-42)69(118)94-49(23-27-83)66(115)96-53(34-58(86)112)70(119)92-48(14-12-30-90-80(88)89)64(113)93-51(25-29-85)68(117)103-61(40(5)107)75(124)95-50(24-28-84)65(114)91-47(13-10-11-26-82)67(116)102-62(41(6)108)76(125)99-55(36-106)71(120)100-56(37-130)72(121)98-54(79(128)129)32-43-17-21-45(110)22-18-43/h15-22,38-41,46-57,59-63,106-111,130-131H,9-14,23-37,82-85,87H2,1-8H3,(H2,86,112)(H,91,114)(H,92,119)(H,93,113)(H,94,118)(H,95,124)(H,96,115)(H,97,126)(H,98,121)(H,99,125)(H,100,120)(H,101,122)(H,102,116)(H,103,117)(H,104,123)(H,128,129)(H4,88,89,90)/t39-,40+,41+,46+,47-,48-,49-,50+,51-,52-,53-,54-,55-,56-,57-,59-,60-,61-,62-,63+/m0/s1. The molecule has 1 aliphatic heterocycles. The van der Waals surface area contributed by atoms with Gasteiger partial charge in [0.25, 0.3) is 0 Å². The van der Waals surface area contributed by atoms with Crippen molar-refractivity contribution < 1.29 is 117 Å². The monoisotopic (exact) mass is 1890 g/mol. The van der Waals surface area contributed by atoms with Crippen LogP contribution in [0.4, 0.5) is 0 Å². The van der Waals surface area contributed by atoms with Gasteiger partial charge in [-0.1, -0.05) is 58.4 Å². The highest BCUT2D eigenvalue weighted by Crippen LogP contribution is 2.25. The lowest BCUT2D eigenvalue weighted by molar-refractivity contribution is -0.142. The summed E-state index contributed by atoms with van der Waals surface area (Å²) in [6.07, 6.45) is -7.64. The molecule has 0 aliphatic carbocycles. The first-order chi connectivity index (χ1) is 61.5. The molecule has 734 valence electrons. The molecule has 1 heterocycles. The van der Waals surface area contributed by atoms with Gasteiger partial charge in [-0.05, 0) is 152 Å². The van der Waals surface area contributed by atoms with E-state index in [1.165, 1.54) is 62.4 Å². The fourth-order valence-corrected chi connectivity index (χ4v) is 13.8. The first kappa shape index (κ1) is 114. The number of β-amino-alcohol motifs (C(OH)–C–C–N with tert-alkyl or cyclic N) is 1. The van der Waals surface area contributed by atoms with Crippen LogP contribution < -0.4 is 120 Å². The molecule has 1 saturated heterocycles. The number of guanidine groups is 1. The summed E-state index contributed by atoms with van der Waals surface area (Å²) < 4.78 is -1.47. The molecule has 131 heavy (non-hydrogen) atoms. The molecule has 0 radical (unpaired) electrons. The summed E-state index contributed by atoms with van der Waals surface area (Å²) in [5.74, 6) is -21.0. The van der Waals surface area contributed by atoms with E-state index < -0.39 is 264 Å². The highest BCUT2D eigenvalue weighted by molar-refractivity contribution is 7.81. The number of phenolic OH excluding ortho intramolecular Hbond substituents is 2. The summed E-state index contributed by atoms with van der Waals surface area (Å²) in [5, 5.41) is 116. The molecule has 0 saturated carbocycles. The molecule has 0 bridgehead atoms. The number of likely N-dealkylation sites (tertiary alicyclic amines) is 1. The molecular formula is C81H134N24O24S2. The van der Waals surface area contributed by atoms with Crippen LogP contribution in [0.5, 0.6) is 11.5 Å². The largest absolute Gasteiger partial charge is 0.508 e. The summed E-state index contributed by atoms with van der Waals surface area (Å²) in [4.78, 5) is 239. The second kappa shape index (κ2) is 56.4. The average Bonchev–Trinajstić information content (AvgIpc) is 1.18. The lowest BCUT2D eigenvalue weighted by Gasteiger charge is -2.34. The van der Waals surface area contributed by atoms with Crippen molar-refractivity contribution >= 4 is 132 Å². The van der Waals surface area contributed by atoms with Crippen LogP contribution in [0.3, 0.4) is 0 Å². The number of aromatic hydroxyl groups is 2. The van der Waals surface area contributed by atoms with E-state index in [0.717, 1.165) is 18.7 Å². The average molecular weight is 1890 g/mol. The lowest BCUT2D eigenvalue weighted by atomic mass is 9.95. The molecule has 2 aromatic rings. The van der Waals surface area contributed by atoms with Crippen molar-refractivity contribution in [3.8, 4) is 11.5 Å². The topological polar surface area (TPSA) is 821 Å². The van der Waals surface area contributed by atoms with E-state index in [-0.39, 0.29) is 114 Å². The minimum Gasteiger partial charge on any atom is -0.508 e. The highest BCUT2D eigenvalue weighted by Gasteiger charge is 2.46. The van der Waals surface area contributed by atoms with Crippen molar-refractivity contribution in [1.29, 1.82) is 5.41 Å². The van der Waals surface area contributed by atoms with Gasteiger partial charge in [0, 0.05) is 42.9 Å². The van der Waals surface area contributed by atoms with Crippen LogP contribution in [-0.4, -0.2) is 318 Å². The zero-order valence-electron chi connectivity index (χ0n) is 74.5. The number of nitrogens with one attached hydrogen (secondary N) is 16. The Morgan fingerprint density at radius 3 is 1.27 bits per heavy atom. The Kier molecular flexibility index (Phi) is 49.0. The molecule has 48 nitrogen and oxygen atoms in total. The minimum absolute atomic E-state index is 0.0874. The number of benzene rings is 2. The summed E-state index contributed by atoms with van der Waals surface area (Å²) in [6.45, 7) is 9.43. The van der Waals surface area contributed by atoms with Crippen LogP contribution >= 0.6 is 25.3 Å². The molecule has 2 aromatic carbocycles. The van der Waals surface area contributed by atoms with Crippen LogP contribution in [0.25, 0.3) is 0 Å². The third kappa shape index (κ3) is 38.2. The molecule has 0 aromatic heterocycles. The van der Waals surface area contributed by atoms with Crippen molar-refractivity contribution in [2.75, 3.05) is 51.6 Å². The first-order valence-corrected chi connectivity index (χ1v) is 43.8. The van der Waals surface area contributed by atoms with E-state index in [0.29, 0.717) is 17.5 Å². The number of nitrogens with zero attached hydrogens (tertiary/aromatic N) is 1. The van der Waals surface area contributed by atoms with Gasteiger partial charge in [0.15, 0.2) is 5.96 Å². The zero-order chi connectivity index (χ0) is 99.0. The van der Waals surface area contributed by atoms with Crippen molar-refractivity contribution in [3.63, 3.8) is 0 Å². The predicted molar refractivity (Wildman–Crippen MR) is 481 cm³/mol. The molecule has 1 aliphatic rings. The second-order valence-corrected chi connectivity index (χ2v) is 34.3. The third-order valence-corrected chi connectivity index (χ3v) is 21.8. The smallest absolute Gasteiger partial charge is 0.326 e. The van der Waals surface area contributed by atoms with Crippen LogP contribution in [0.15, 0.2) is 48.5 Å². The van der Waals surface area contributed by atoms with Crippen LogP contribution in [0, 0.1) is 17.2 Å². The predicted octanol–water partition coefficient (Wildman–Crippen LogP) is -10.5. The number of aliphatic hydroxyl groups excluding tert-OH is 4. The number of carboxylic acid groups (broad SMARTS) is 1. The maximum Gasteiger partial charge on any atom is 0.326 e. The number of amides is 16. The van der Waals surface area contributed by atoms with E-state index in [2.05, 4.69) is 105 Å². The molecular weight excluding hydrogens is 1760 g/mol. The maximum absolute atomic E-state index is 14.8. The van der Waals surface area contributed by atoms with E-state index in [9.17, 15) is 117 Å². The van der Waals surface area contributed by atoms with Gasteiger partial charge < -0.3 is 161 Å². The number of carboxylic acids is 1. The van der Waals surface area contributed by atoms with Gasteiger partial charge in [-0.3, -0.25) is 82.1 Å². The van der Waals surface area contributed by atoms with Gasteiger partial charge in [0.1, 0.15) is 102 Å². The lowest BCUT2D eigenvalue weighted by Crippen LogP contribution is -2.64. The molecule has 1 fully saturated rings. The van der Waals surface area contributed by atoms with Crippen molar-refractivity contribution in [1.82, 2.24) is 84.7 Å². The van der Waals surface area contributed by atoms with E-state index in [1.807, 2.05) is 0 Å². The van der Waals surface area contributed by atoms with E-state index >= 15 is 0 Å². The molecule has 3 rings (SSSR count). The summed E-state index contributed by atoms with van der Waals surface area (Å²) in [5.41, 5.74) is 41.6. The second-order valence-electron chi connectivity index (χ2n) is 32.8. The van der Waals surface area contributed by atoms with Gasteiger partial charge >= 0.3 is 5.97 Å². The summed E-state index contributed by atoms with van der Waals surface area (Å²) in [7, 11) is 0. The Morgan fingerprint density at radius 1 is 0.489 bits per heavy atom. The number of hydrogen-bond acceptors (Lipinski definition) is 31. The van der Waals surface area contributed by atoms with Crippen molar-refractivity contribution in [2.45, 2.75) is 259 Å². The molecule has 16 amide bonds. The van der Waals surface area contributed by atoms with Crippen LogP contribution in [0.1, 0.15) is 137 Å². The SMILES string of the molecule is CC[C@H](C)[C@H](NC(=O)[C@@H]1C[C@@H](O)CN1C(=O)[C@@H](N)C(C)C)C(=O)N[C@H](C(=O)N[C@@H](Cc1ccc(O)cc1)C(=O)N[C@@H](CCN)C(=O)N[C@@H](CC(N)=O)C(=O)N[C@@H](CCCNC(=N)N)C(=O)N[C@@H](CCN)C(=O)N[C@H](C(=O)N[C@H](CCN)C(=O)N[C@@H](CCCCN)C(=O)N[C@H](C(=O)N[C@@H](CO)C(=O)N[C@@H](CS)C(=O)N[C@@H](Cc1ccc(O)cc1)C(=O)O)[C@@H](C)O)[C@@H](C)O)C(C)(C)S. The summed E-state index contributed by atoms with van der Waals surface area (Å²) in [6, 6.07) is -15.5. The van der Waals surface area contributed by atoms with E-state index in [4.69, 9.17) is 45.5 Å². The Balaban J connectivity index is 1.91. The maximum atomic E-state index is 14.8. The molecule has 20 atom stereocenters. The molecule has 50 heteroatoms. The van der Waals surface area contributed by atoms with Crippen molar-refractivity contribution in [3.05, 3.63) is 59.7 Å². The number of unbranched alkanes of at least 4 members (excludes halogenated alkanes) is 1. The number of nitrogens with two attached hydrogens (primary N) is 7. The Hall–Kier alpha value is -11.4.